The molecule has 0 N–H and O–H groups in total. The second-order valence-electron chi connectivity index (χ2n) is 15.4. The van der Waals surface area contributed by atoms with Crippen molar-refractivity contribution in [2.75, 3.05) is 0 Å². The van der Waals surface area contributed by atoms with Crippen LogP contribution in [0, 0.1) is 44.3 Å². The molecule has 5 aliphatic carbocycles. The summed E-state index contributed by atoms with van der Waals surface area (Å²) < 4.78 is 5.89. The van der Waals surface area contributed by atoms with Gasteiger partial charge >= 0.3 is 5.97 Å². The van der Waals surface area contributed by atoms with Gasteiger partial charge in [-0.05, 0) is 96.7 Å². The summed E-state index contributed by atoms with van der Waals surface area (Å²) in [6, 6.07) is 0. The zero-order valence-corrected chi connectivity index (χ0v) is 23.6. The van der Waals surface area contributed by atoms with E-state index in [1.807, 2.05) is 0 Å². The third kappa shape index (κ3) is 3.15. The van der Waals surface area contributed by atoms with Gasteiger partial charge in [0, 0.05) is 12.3 Å². The highest BCUT2D eigenvalue weighted by Crippen LogP contribution is 2.74. The predicted octanol–water partition coefficient (Wildman–Crippen LogP) is 8.66. The van der Waals surface area contributed by atoms with E-state index in [2.05, 4.69) is 67.5 Å². The molecule has 190 valence electrons. The molecule has 5 rings (SSSR count). The number of carbonyl (C=O) groups excluding carboxylic acids is 1. The lowest BCUT2D eigenvalue weighted by molar-refractivity contribution is -0.172. The third-order valence-electron chi connectivity index (χ3n) is 12.7. The molecule has 0 saturated heterocycles. The van der Waals surface area contributed by atoms with Gasteiger partial charge in [-0.25, -0.2) is 0 Å². The molecule has 0 aliphatic heterocycles. The number of fused-ring (bicyclic) bond motifs is 7. The highest BCUT2D eigenvalue weighted by atomic mass is 16.5. The predicted molar refractivity (Wildman–Crippen MR) is 140 cm³/mol. The van der Waals surface area contributed by atoms with Crippen LogP contribution < -0.4 is 0 Å². The van der Waals surface area contributed by atoms with Crippen molar-refractivity contribution in [3.8, 4) is 0 Å². The number of rotatable bonds is 1. The van der Waals surface area contributed by atoms with Crippen LogP contribution in [0.15, 0.2) is 23.3 Å². The van der Waals surface area contributed by atoms with Crippen molar-refractivity contribution in [1.29, 1.82) is 0 Å². The zero-order chi connectivity index (χ0) is 24.9. The van der Waals surface area contributed by atoms with Crippen molar-refractivity contribution in [3.63, 3.8) is 0 Å². The van der Waals surface area contributed by atoms with E-state index in [9.17, 15) is 4.79 Å². The largest absolute Gasteiger partial charge is 0.462 e. The van der Waals surface area contributed by atoms with Crippen molar-refractivity contribution < 1.29 is 9.53 Å². The summed E-state index contributed by atoms with van der Waals surface area (Å²) in [5.41, 5.74) is 5.13. The number of esters is 1. The topological polar surface area (TPSA) is 26.3 Å². The molecule has 2 heteroatoms. The second-order valence-corrected chi connectivity index (χ2v) is 15.4. The summed E-state index contributed by atoms with van der Waals surface area (Å²) in [7, 11) is 0. The monoisotopic (exact) mass is 466 g/mol. The first kappa shape index (κ1) is 24.6. The van der Waals surface area contributed by atoms with Crippen LogP contribution in [0.2, 0.25) is 0 Å². The molecule has 5 aliphatic rings. The average molecular weight is 467 g/mol. The average Bonchev–Trinajstić information content (AvgIpc) is 2.72. The van der Waals surface area contributed by atoms with Gasteiger partial charge in [-0.2, -0.15) is 0 Å². The van der Waals surface area contributed by atoms with Crippen LogP contribution in [-0.2, 0) is 9.53 Å². The quantitative estimate of drug-likeness (QED) is 0.361. The summed E-state index contributed by atoms with van der Waals surface area (Å²) in [6.45, 7) is 21.8. The van der Waals surface area contributed by atoms with Crippen LogP contribution in [0.4, 0.5) is 0 Å². The van der Waals surface area contributed by atoms with Crippen molar-refractivity contribution in [2.45, 2.75) is 126 Å². The third-order valence-corrected chi connectivity index (χ3v) is 12.7. The molecule has 34 heavy (non-hydrogen) atoms. The van der Waals surface area contributed by atoms with Crippen LogP contribution in [0.1, 0.15) is 120 Å². The van der Waals surface area contributed by atoms with E-state index in [1.165, 1.54) is 44.9 Å². The Labute approximate surface area is 209 Å². The summed E-state index contributed by atoms with van der Waals surface area (Å²) in [4.78, 5) is 11.9. The molecule has 0 heterocycles. The second kappa shape index (κ2) is 7.25. The molecule has 4 saturated carbocycles. The van der Waals surface area contributed by atoms with Crippen LogP contribution in [-0.4, -0.2) is 12.1 Å². The minimum absolute atomic E-state index is 0.00423. The molecule has 0 bridgehead atoms. The standard InChI is InChI=1S/C32H50O2/c1-21(33)34-26-13-14-30(7)24(28(26,4)5)12-15-32(9)25(30)11-10-22-23-20-27(2,3)16-17-29(23,6)18-19-31(22,32)8/h10-11,23-24,26H,12-20H2,1-9H3/t23-,24-,26?,29+,30-,31+,32+/m0/s1. The highest BCUT2D eigenvalue weighted by Gasteiger charge is 2.66. The van der Waals surface area contributed by atoms with Gasteiger partial charge in [0.05, 0.1) is 0 Å². The molecular formula is C32H50O2. The smallest absolute Gasteiger partial charge is 0.302 e. The lowest BCUT2D eigenvalue weighted by Crippen LogP contribution is -2.61. The van der Waals surface area contributed by atoms with E-state index in [-0.39, 0.29) is 33.7 Å². The van der Waals surface area contributed by atoms with Gasteiger partial charge < -0.3 is 4.74 Å². The molecule has 2 nitrogen and oxygen atoms in total. The summed E-state index contributed by atoms with van der Waals surface area (Å²) in [5, 5.41) is 0. The molecular weight excluding hydrogens is 416 g/mol. The van der Waals surface area contributed by atoms with E-state index in [0.29, 0.717) is 16.7 Å². The Morgan fingerprint density at radius 3 is 2.18 bits per heavy atom. The van der Waals surface area contributed by atoms with E-state index in [0.717, 1.165) is 18.8 Å². The van der Waals surface area contributed by atoms with Crippen molar-refractivity contribution in [1.82, 2.24) is 0 Å². The maximum atomic E-state index is 11.9. The lowest BCUT2D eigenvalue weighted by atomic mass is 9.36. The molecule has 0 aromatic rings. The fourth-order valence-electron chi connectivity index (χ4n) is 10.2. The maximum absolute atomic E-state index is 11.9. The first-order valence-electron chi connectivity index (χ1n) is 14.2. The normalized spacial score (nSPS) is 48.8. The Morgan fingerprint density at radius 1 is 0.824 bits per heavy atom. The van der Waals surface area contributed by atoms with Crippen LogP contribution in [0.5, 0.6) is 0 Å². The van der Waals surface area contributed by atoms with Crippen molar-refractivity contribution in [3.05, 3.63) is 23.3 Å². The molecule has 0 radical (unpaired) electrons. The van der Waals surface area contributed by atoms with Gasteiger partial charge in [0.1, 0.15) is 6.10 Å². The fraction of sp³-hybridized carbons (Fsp3) is 0.844. The van der Waals surface area contributed by atoms with E-state index < -0.39 is 0 Å². The Bertz CT molecular complexity index is 952. The molecule has 0 aromatic heterocycles. The Balaban J connectivity index is 1.58. The van der Waals surface area contributed by atoms with E-state index in [4.69, 9.17) is 4.74 Å². The van der Waals surface area contributed by atoms with Crippen molar-refractivity contribution in [2.24, 2.45) is 44.3 Å². The number of ether oxygens (including phenoxy) is 1. The molecule has 4 fully saturated rings. The number of carbonyl (C=O) groups is 1. The van der Waals surface area contributed by atoms with Gasteiger partial charge in [-0.1, -0.05) is 78.7 Å². The summed E-state index contributed by atoms with van der Waals surface area (Å²) in [5.74, 6) is 1.16. The molecule has 0 amide bonds. The minimum Gasteiger partial charge on any atom is -0.462 e. The van der Waals surface area contributed by atoms with Gasteiger partial charge in [-0.3, -0.25) is 4.79 Å². The fourth-order valence-corrected chi connectivity index (χ4v) is 10.2. The minimum atomic E-state index is -0.125. The van der Waals surface area contributed by atoms with Gasteiger partial charge in [-0.15, -0.1) is 0 Å². The Morgan fingerprint density at radius 2 is 1.50 bits per heavy atom. The zero-order valence-electron chi connectivity index (χ0n) is 23.6. The molecule has 0 aromatic carbocycles. The maximum Gasteiger partial charge on any atom is 0.302 e. The summed E-state index contributed by atoms with van der Waals surface area (Å²) >= 11 is 0. The van der Waals surface area contributed by atoms with Crippen LogP contribution in [0.3, 0.4) is 0 Å². The number of allylic oxidation sites excluding steroid dienone is 4. The van der Waals surface area contributed by atoms with Crippen molar-refractivity contribution >= 4 is 5.97 Å². The first-order valence-corrected chi connectivity index (χ1v) is 14.2. The molecule has 0 spiro atoms. The van der Waals surface area contributed by atoms with Gasteiger partial charge in [0.2, 0.25) is 0 Å². The first-order chi connectivity index (χ1) is 15.6. The molecule has 7 atom stereocenters. The van der Waals surface area contributed by atoms with Gasteiger partial charge in [0.25, 0.3) is 0 Å². The van der Waals surface area contributed by atoms with Crippen LogP contribution in [0.25, 0.3) is 0 Å². The van der Waals surface area contributed by atoms with Gasteiger partial charge in [0.15, 0.2) is 0 Å². The van der Waals surface area contributed by atoms with Crippen LogP contribution >= 0.6 is 0 Å². The molecule has 1 unspecified atom stereocenters. The van der Waals surface area contributed by atoms with E-state index >= 15 is 0 Å². The summed E-state index contributed by atoms with van der Waals surface area (Å²) in [6.07, 6.45) is 16.7. The number of hydrogen-bond donors (Lipinski definition) is 0. The lowest BCUT2D eigenvalue weighted by Gasteiger charge is -2.68. The van der Waals surface area contributed by atoms with E-state index in [1.54, 1.807) is 18.1 Å². The number of hydrogen-bond acceptors (Lipinski definition) is 2. The SMILES string of the molecule is CC(=O)OC1CC[C@]2(C)C3=CC=C4[C@@H]5CC(C)(C)CC[C@]5(C)CC[C@@]4(C)[C@]3(C)CC[C@H]2C1(C)C. The highest BCUT2D eigenvalue weighted by molar-refractivity contribution is 5.66. The Hall–Kier alpha value is -1.05. The Kier molecular flexibility index (Phi) is 5.26.